The SMILES string of the molecule is CC(=O)c1cccc(O[C@@H]2CC[C@@H](C)N(C(=O)c3ccccc3-n3nccn3)C2)c1. The van der Waals surface area contributed by atoms with Gasteiger partial charge >= 0.3 is 0 Å². The largest absolute Gasteiger partial charge is 0.489 e. The number of ether oxygens (including phenoxy) is 1. The molecule has 0 unspecified atom stereocenters. The Hall–Kier alpha value is -3.48. The van der Waals surface area contributed by atoms with Crippen molar-refractivity contribution in [1.29, 1.82) is 0 Å². The van der Waals surface area contributed by atoms with E-state index in [4.69, 9.17) is 4.74 Å². The average Bonchev–Trinajstić information content (AvgIpc) is 3.29. The topological polar surface area (TPSA) is 77.3 Å². The molecule has 154 valence electrons. The fourth-order valence-corrected chi connectivity index (χ4v) is 3.76. The lowest BCUT2D eigenvalue weighted by Gasteiger charge is -2.38. The third kappa shape index (κ3) is 4.10. The monoisotopic (exact) mass is 404 g/mol. The van der Waals surface area contributed by atoms with E-state index >= 15 is 0 Å². The van der Waals surface area contributed by atoms with Gasteiger partial charge in [0.05, 0.1) is 30.2 Å². The second-order valence-corrected chi connectivity index (χ2v) is 7.54. The fraction of sp³-hybridized carbons (Fsp3) is 0.304. The molecule has 0 aliphatic carbocycles. The van der Waals surface area contributed by atoms with Crippen molar-refractivity contribution < 1.29 is 14.3 Å². The Morgan fingerprint density at radius 3 is 2.57 bits per heavy atom. The minimum Gasteiger partial charge on any atom is -0.489 e. The van der Waals surface area contributed by atoms with Crippen molar-refractivity contribution in [3.05, 3.63) is 72.1 Å². The summed E-state index contributed by atoms with van der Waals surface area (Å²) in [5.74, 6) is 0.579. The van der Waals surface area contributed by atoms with Crippen LogP contribution in [0.1, 0.15) is 47.4 Å². The maximum Gasteiger partial charge on any atom is 0.256 e. The normalized spacial score (nSPS) is 18.8. The van der Waals surface area contributed by atoms with E-state index in [0.717, 1.165) is 12.8 Å². The molecule has 4 rings (SSSR count). The van der Waals surface area contributed by atoms with Crippen LogP contribution in [0.3, 0.4) is 0 Å². The summed E-state index contributed by atoms with van der Waals surface area (Å²) in [5.41, 5.74) is 1.82. The first-order chi connectivity index (χ1) is 14.5. The molecule has 1 aliphatic rings. The smallest absolute Gasteiger partial charge is 0.256 e. The van der Waals surface area contributed by atoms with E-state index in [1.807, 2.05) is 35.2 Å². The lowest BCUT2D eigenvalue weighted by atomic mass is 9.99. The molecule has 0 spiro atoms. The van der Waals surface area contributed by atoms with Crippen molar-refractivity contribution >= 4 is 11.7 Å². The Bertz CT molecular complexity index is 1050. The molecule has 0 radical (unpaired) electrons. The van der Waals surface area contributed by atoms with Crippen LogP contribution in [-0.4, -0.2) is 50.3 Å². The van der Waals surface area contributed by atoms with Gasteiger partial charge < -0.3 is 9.64 Å². The van der Waals surface area contributed by atoms with E-state index in [2.05, 4.69) is 17.1 Å². The first kappa shape index (κ1) is 19.8. The van der Waals surface area contributed by atoms with Crippen LogP contribution >= 0.6 is 0 Å². The molecule has 1 amide bonds. The minimum atomic E-state index is -0.137. The molecule has 7 nitrogen and oxygen atoms in total. The zero-order valence-electron chi connectivity index (χ0n) is 17.1. The minimum absolute atomic E-state index is 0.00152. The van der Waals surface area contributed by atoms with Crippen LogP contribution in [0.25, 0.3) is 5.69 Å². The Balaban J connectivity index is 1.54. The highest BCUT2D eigenvalue weighted by molar-refractivity contribution is 5.98. The Kier molecular flexibility index (Phi) is 5.61. The van der Waals surface area contributed by atoms with E-state index in [1.165, 1.54) is 11.7 Å². The van der Waals surface area contributed by atoms with Gasteiger partial charge in [-0.2, -0.15) is 15.0 Å². The van der Waals surface area contributed by atoms with Crippen LogP contribution in [0, 0.1) is 0 Å². The molecule has 1 fully saturated rings. The maximum atomic E-state index is 13.4. The molecule has 30 heavy (non-hydrogen) atoms. The predicted octanol–water partition coefficient (Wildman–Crippen LogP) is 3.54. The van der Waals surface area contributed by atoms with Gasteiger partial charge in [0.25, 0.3) is 5.91 Å². The predicted molar refractivity (Wildman–Crippen MR) is 112 cm³/mol. The molecule has 0 bridgehead atoms. The molecule has 0 saturated carbocycles. The van der Waals surface area contributed by atoms with E-state index < -0.39 is 0 Å². The van der Waals surface area contributed by atoms with Gasteiger partial charge in [-0.15, -0.1) is 0 Å². The van der Waals surface area contributed by atoms with Gasteiger partial charge in [-0.3, -0.25) is 9.59 Å². The van der Waals surface area contributed by atoms with Gasteiger partial charge in [-0.25, -0.2) is 0 Å². The number of piperidine rings is 1. The second kappa shape index (κ2) is 8.49. The standard InChI is InChI=1S/C23H24N4O3/c1-16-10-11-20(30-19-7-5-6-18(14-19)17(2)28)15-26(16)23(29)21-8-3-4-9-22(21)27-24-12-13-25-27/h3-9,12-14,16,20H,10-11,15H2,1-2H3/t16-,20-/m1/s1. The summed E-state index contributed by atoms with van der Waals surface area (Å²) < 4.78 is 6.14. The quantitative estimate of drug-likeness (QED) is 0.608. The molecule has 2 aromatic carbocycles. The number of para-hydroxylation sites is 1. The summed E-state index contributed by atoms with van der Waals surface area (Å²) in [6.07, 6.45) is 4.72. The van der Waals surface area contributed by atoms with Crippen molar-refractivity contribution in [3.8, 4) is 11.4 Å². The summed E-state index contributed by atoms with van der Waals surface area (Å²) in [6.45, 7) is 4.07. The molecule has 1 aliphatic heterocycles. The van der Waals surface area contributed by atoms with Gasteiger partial charge in [0.15, 0.2) is 5.78 Å². The van der Waals surface area contributed by atoms with Crippen LogP contribution in [0.5, 0.6) is 5.75 Å². The highest BCUT2D eigenvalue weighted by Crippen LogP contribution is 2.25. The van der Waals surface area contributed by atoms with E-state index in [1.54, 1.807) is 30.6 Å². The number of aromatic nitrogens is 3. The number of nitrogens with zero attached hydrogens (tertiary/aromatic N) is 4. The van der Waals surface area contributed by atoms with Crippen molar-refractivity contribution in [2.45, 2.75) is 38.8 Å². The Morgan fingerprint density at radius 1 is 1.03 bits per heavy atom. The van der Waals surface area contributed by atoms with Gasteiger partial charge in [-0.1, -0.05) is 24.3 Å². The van der Waals surface area contributed by atoms with Crippen molar-refractivity contribution in [3.63, 3.8) is 0 Å². The average molecular weight is 404 g/mol. The third-order valence-electron chi connectivity index (χ3n) is 5.41. The van der Waals surface area contributed by atoms with Crippen molar-refractivity contribution in [2.24, 2.45) is 0 Å². The number of carbonyl (C=O) groups excluding carboxylic acids is 2. The molecule has 2 atom stereocenters. The maximum absolute atomic E-state index is 13.4. The van der Waals surface area contributed by atoms with E-state index in [9.17, 15) is 9.59 Å². The number of hydrogen-bond donors (Lipinski definition) is 0. The first-order valence-electron chi connectivity index (χ1n) is 10.1. The number of amides is 1. The molecule has 2 heterocycles. The van der Waals surface area contributed by atoms with Crippen LogP contribution in [0.4, 0.5) is 0 Å². The molecule has 1 saturated heterocycles. The number of ketones is 1. The number of hydrogen-bond acceptors (Lipinski definition) is 5. The van der Waals surface area contributed by atoms with Crippen molar-refractivity contribution in [1.82, 2.24) is 19.9 Å². The molecule has 3 aromatic rings. The van der Waals surface area contributed by atoms with Gasteiger partial charge in [0.1, 0.15) is 11.9 Å². The Morgan fingerprint density at radius 2 is 1.80 bits per heavy atom. The van der Waals surface area contributed by atoms with Crippen molar-refractivity contribution in [2.75, 3.05) is 6.54 Å². The Labute approximate surface area is 175 Å². The van der Waals surface area contributed by atoms with Crippen LogP contribution in [0.15, 0.2) is 60.9 Å². The number of Topliss-reactive ketones (excluding diaryl/α,β-unsaturated/α-hetero) is 1. The summed E-state index contributed by atoms with van der Waals surface area (Å²) in [5, 5.41) is 8.34. The number of benzene rings is 2. The van der Waals surface area contributed by atoms with Gasteiger partial charge in [-0.05, 0) is 51.0 Å². The first-order valence-corrected chi connectivity index (χ1v) is 10.1. The summed E-state index contributed by atoms with van der Waals surface area (Å²) >= 11 is 0. The fourth-order valence-electron chi connectivity index (χ4n) is 3.76. The second-order valence-electron chi connectivity index (χ2n) is 7.54. The zero-order valence-corrected chi connectivity index (χ0v) is 17.1. The molecule has 7 heteroatoms. The zero-order chi connectivity index (χ0) is 21.1. The highest BCUT2D eigenvalue weighted by atomic mass is 16.5. The number of rotatable bonds is 5. The highest BCUT2D eigenvalue weighted by Gasteiger charge is 2.32. The lowest BCUT2D eigenvalue weighted by molar-refractivity contribution is 0.0384. The molecule has 0 N–H and O–H groups in total. The van der Waals surface area contributed by atoms with Crippen LogP contribution in [-0.2, 0) is 0 Å². The van der Waals surface area contributed by atoms with Crippen LogP contribution in [0.2, 0.25) is 0 Å². The van der Waals surface area contributed by atoms with E-state index in [0.29, 0.717) is 29.1 Å². The third-order valence-corrected chi connectivity index (χ3v) is 5.41. The number of likely N-dealkylation sites (tertiary alicyclic amines) is 1. The molecule has 1 aromatic heterocycles. The molecular weight excluding hydrogens is 380 g/mol. The summed E-state index contributed by atoms with van der Waals surface area (Å²) in [6, 6.07) is 14.6. The van der Waals surface area contributed by atoms with E-state index in [-0.39, 0.29) is 23.8 Å². The molecular formula is C23H24N4O3. The summed E-state index contributed by atoms with van der Waals surface area (Å²) in [7, 11) is 0. The number of carbonyl (C=O) groups is 2. The lowest BCUT2D eigenvalue weighted by Crippen LogP contribution is -2.49. The van der Waals surface area contributed by atoms with Gasteiger partial charge in [0.2, 0.25) is 0 Å². The summed E-state index contributed by atoms with van der Waals surface area (Å²) in [4.78, 5) is 28.4. The van der Waals surface area contributed by atoms with Gasteiger partial charge in [0, 0.05) is 11.6 Å². The van der Waals surface area contributed by atoms with Crippen LogP contribution < -0.4 is 4.74 Å².